The summed E-state index contributed by atoms with van der Waals surface area (Å²) in [5, 5.41) is 5.27. The van der Waals surface area contributed by atoms with E-state index in [0.717, 1.165) is 26.4 Å². The number of rotatable bonds is 5. The molecule has 3 nitrogen and oxygen atoms in total. The molecule has 28 heavy (non-hydrogen) atoms. The number of thioether (sulfide) groups is 1. The van der Waals surface area contributed by atoms with Gasteiger partial charge in [-0.15, -0.1) is 11.3 Å². The zero-order chi connectivity index (χ0) is 19.7. The van der Waals surface area contributed by atoms with Crippen molar-refractivity contribution in [2.75, 3.05) is 5.75 Å². The molecule has 0 bridgehead atoms. The second-order valence-corrected chi connectivity index (χ2v) is 8.95. The van der Waals surface area contributed by atoms with Crippen molar-refractivity contribution in [3.8, 4) is 11.1 Å². The predicted octanol–water partition coefficient (Wildman–Crippen LogP) is 7.29. The molecule has 0 radical (unpaired) electrons. The Labute approximate surface area is 184 Å². The molecule has 0 atom stereocenters. The molecule has 0 aliphatic carbocycles. The number of carbonyl (C=O) groups is 1. The van der Waals surface area contributed by atoms with Gasteiger partial charge in [0, 0.05) is 26.6 Å². The van der Waals surface area contributed by atoms with Crippen LogP contribution in [0.2, 0.25) is 15.1 Å². The number of thiophene rings is 1. The van der Waals surface area contributed by atoms with E-state index in [2.05, 4.69) is 9.97 Å². The standard InChI is InChI=1S/C20H11Cl3N2OS2/c21-12-3-1-11(2-4-12)15-8-27-19-18(15)20(25-10-24-19)28-9-17(26)14-6-5-13(22)7-16(14)23/h1-8,10H,9H2. The third kappa shape index (κ3) is 4.04. The summed E-state index contributed by atoms with van der Waals surface area (Å²) in [5.74, 6) is 0.130. The maximum Gasteiger partial charge on any atom is 0.174 e. The molecule has 0 saturated heterocycles. The van der Waals surface area contributed by atoms with Gasteiger partial charge in [0.25, 0.3) is 0 Å². The van der Waals surface area contributed by atoms with Crippen molar-refractivity contribution in [2.45, 2.75) is 5.03 Å². The number of nitrogens with zero attached hydrogens (tertiary/aromatic N) is 2. The lowest BCUT2D eigenvalue weighted by Crippen LogP contribution is -2.03. The van der Waals surface area contributed by atoms with Crippen molar-refractivity contribution in [1.82, 2.24) is 9.97 Å². The molecule has 2 heterocycles. The van der Waals surface area contributed by atoms with Gasteiger partial charge in [-0.25, -0.2) is 9.97 Å². The SMILES string of the molecule is O=C(CSc1ncnc2scc(-c3ccc(Cl)cc3)c12)c1ccc(Cl)cc1Cl. The van der Waals surface area contributed by atoms with Gasteiger partial charge in [0.1, 0.15) is 16.2 Å². The Hall–Kier alpha value is -1.63. The molecule has 0 unspecified atom stereocenters. The van der Waals surface area contributed by atoms with E-state index >= 15 is 0 Å². The fourth-order valence-corrected chi connectivity index (χ4v) is 5.24. The van der Waals surface area contributed by atoms with E-state index in [9.17, 15) is 4.79 Å². The van der Waals surface area contributed by atoms with Gasteiger partial charge in [-0.05, 0) is 35.9 Å². The summed E-state index contributed by atoms with van der Waals surface area (Å²) in [7, 11) is 0. The highest BCUT2D eigenvalue weighted by Gasteiger charge is 2.16. The van der Waals surface area contributed by atoms with Crippen LogP contribution in [0.4, 0.5) is 0 Å². The number of benzene rings is 2. The Morgan fingerprint density at radius 2 is 1.75 bits per heavy atom. The zero-order valence-corrected chi connectivity index (χ0v) is 18.1. The molecular formula is C20H11Cl3N2OS2. The van der Waals surface area contributed by atoms with Crippen molar-refractivity contribution in [1.29, 1.82) is 0 Å². The van der Waals surface area contributed by atoms with Gasteiger partial charge in [-0.3, -0.25) is 4.79 Å². The van der Waals surface area contributed by atoms with Crippen molar-refractivity contribution in [2.24, 2.45) is 0 Å². The first-order valence-electron chi connectivity index (χ1n) is 8.12. The van der Waals surface area contributed by atoms with Crippen molar-refractivity contribution >= 4 is 73.9 Å². The van der Waals surface area contributed by atoms with Gasteiger partial charge in [0.05, 0.1) is 16.2 Å². The lowest BCUT2D eigenvalue weighted by atomic mass is 10.1. The number of fused-ring (bicyclic) bond motifs is 1. The summed E-state index contributed by atoms with van der Waals surface area (Å²) in [4.78, 5) is 22.3. The maximum absolute atomic E-state index is 12.6. The summed E-state index contributed by atoms with van der Waals surface area (Å²) in [6.45, 7) is 0. The monoisotopic (exact) mass is 464 g/mol. The van der Waals surface area contributed by atoms with Crippen LogP contribution < -0.4 is 0 Å². The fraction of sp³-hybridized carbons (Fsp3) is 0.0500. The highest BCUT2D eigenvalue weighted by molar-refractivity contribution is 8.00. The quantitative estimate of drug-likeness (QED) is 0.176. The molecule has 0 fully saturated rings. The average Bonchev–Trinajstić information content (AvgIpc) is 3.11. The fourth-order valence-electron chi connectivity index (χ4n) is 2.73. The molecule has 0 saturated carbocycles. The van der Waals surface area contributed by atoms with Crippen molar-refractivity contribution in [3.05, 3.63) is 74.8 Å². The summed E-state index contributed by atoms with van der Waals surface area (Å²) < 4.78 is 0. The van der Waals surface area contributed by atoms with Crippen molar-refractivity contribution in [3.63, 3.8) is 0 Å². The lowest BCUT2D eigenvalue weighted by molar-refractivity contribution is 0.102. The lowest BCUT2D eigenvalue weighted by Gasteiger charge is -2.06. The smallest absolute Gasteiger partial charge is 0.174 e. The number of Topliss-reactive ketones (excluding diaryl/α,β-unsaturated/α-hetero) is 1. The van der Waals surface area contributed by atoms with E-state index in [4.69, 9.17) is 34.8 Å². The van der Waals surface area contributed by atoms with Crippen LogP contribution in [0.3, 0.4) is 0 Å². The van der Waals surface area contributed by atoms with Crippen LogP contribution in [-0.4, -0.2) is 21.5 Å². The van der Waals surface area contributed by atoms with Crippen LogP contribution in [-0.2, 0) is 0 Å². The first kappa shape index (κ1) is 19.7. The molecular weight excluding hydrogens is 455 g/mol. The topological polar surface area (TPSA) is 42.9 Å². The van der Waals surface area contributed by atoms with Crippen LogP contribution in [0.5, 0.6) is 0 Å². The van der Waals surface area contributed by atoms with E-state index in [0.29, 0.717) is 20.6 Å². The minimum Gasteiger partial charge on any atom is -0.293 e. The molecule has 2 aromatic carbocycles. The first-order valence-corrected chi connectivity index (χ1v) is 11.1. The van der Waals surface area contributed by atoms with Gasteiger partial charge >= 0.3 is 0 Å². The molecule has 4 rings (SSSR count). The molecule has 0 aliphatic heterocycles. The van der Waals surface area contributed by atoms with E-state index in [-0.39, 0.29) is 11.5 Å². The summed E-state index contributed by atoms with van der Waals surface area (Å²) >= 11 is 21.0. The number of halogens is 3. The minimum absolute atomic E-state index is 0.0818. The zero-order valence-electron chi connectivity index (χ0n) is 14.2. The first-order chi connectivity index (χ1) is 13.5. The number of aromatic nitrogens is 2. The third-order valence-corrected chi connectivity index (χ3v) is 6.74. The number of hydrogen-bond donors (Lipinski definition) is 0. The Morgan fingerprint density at radius 1 is 1.00 bits per heavy atom. The van der Waals surface area contributed by atoms with Gasteiger partial charge in [-0.1, -0.05) is 58.7 Å². The Kier molecular flexibility index (Phi) is 5.90. The van der Waals surface area contributed by atoms with Crippen LogP contribution in [0, 0.1) is 0 Å². The Bertz CT molecular complexity index is 1180. The van der Waals surface area contributed by atoms with Gasteiger partial charge in [0.15, 0.2) is 5.78 Å². The number of carbonyl (C=O) groups excluding carboxylic acids is 1. The van der Waals surface area contributed by atoms with E-state index in [1.165, 1.54) is 18.1 Å². The molecule has 0 N–H and O–H groups in total. The number of hydrogen-bond acceptors (Lipinski definition) is 5. The predicted molar refractivity (Wildman–Crippen MR) is 119 cm³/mol. The van der Waals surface area contributed by atoms with Crippen LogP contribution >= 0.6 is 57.9 Å². The molecule has 0 amide bonds. The molecule has 140 valence electrons. The van der Waals surface area contributed by atoms with Crippen molar-refractivity contribution < 1.29 is 4.79 Å². The summed E-state index contributed by atoms with van der Waals surface area (Å²) in [6, 6.07) is 12.5. The summed E-state index contributed by atoms with van der Waals surface area (Å²) in [5.41, 5.74) is 2.50. The Morgan fingerprint density at radius 3 is 2.50 bits per heavy atom. The van der Waals surface area contributed by atoms with Crippen LogP contribution in [0.25, 0.3) is 21.3 Å². The van der Waals surface area contributed by atoms with Crippen LogP contribution in [0.1, 0.15) is 10.4 Å². The highest BCUT2D eigenvalue weighted by Crippen LogP contribution is 2.38. The highest BCUT2D eigenvalue weighted by atomic mass is 35.5. The normalized spacial score (nSPS) is 11.1. The number of ketones is 1. The largest absolute Gasteiger partial charge is 0.293 e. The summed E-state index contributed by atoms with van der Waals surface area (Å²) in [6.07, 6.45) is 1.52. The molecule has 0 spiro atoms. The molecule has 4 aromatic rings. The average molecular weight is 466 g/mol. The molecule has 2 aromatic heterocycles. The third-order valence-electron chi connectivity index (χ3n) is 4.06. The van der Waals surface area contributed by atoms with E-state index in [1.807, 2.05) is 29.6 Å². The van der Waals surface area contributed by atoms with Gasteiger partial charge in [-0.2, -0.15) is 0 Å². The van der Waals surface area contributed by atoms with Crippen LogP contribution in [0.15, 0.2) is 59.2 Å². The van der Waals surface area contributed by atoms with Gasteiger partial charge in [0.2, 0.25) is 0 Å². The Balaban J connectivity index is 1.64. The minimum atomic E-state index is -0.0818. The molecule has 8 heteroatoms. The molecule has 0 aliphatic rings. The second kappa shape index (κ2) is 8.39. The second-order valence-electron chi connectivity index (χ2n) is 5.85. The van der Waals surface area contributed by atoms with Gasteiger partial charge < -0.3 is 0 Å². The van der Waals surface area contributed by atoms with E-state index < -0.39 is 0 Å². The van der Waals surface area contributed by atoms with E-state index in [1.54, 1.807) is 29.5 Å². The maximum atomic E-state index is 12.6.